The van der Waals surface area contributed by atoms with E-state index in [0.717, 1.165) is 53.4 Å². The van der Waals surface area contributed by atoms with E-state index in [0.29, 0.717) is 5.17 Å². The summed E-state index contributed by atoms with van der Waals surface area (Å²) in [6.07, 6.45) is 5.67. The average Bonchev–Trinajstić information content (AvgIpc) is 3.29. The first-order valence-electron chi connectivity index (χ1n) is 10.7. The van der Waals surface area contributed by atoms with Crippen molar-refractivity contribution in [1.29, 1.82) is 5.41 Å². The van der Waals surface area contributed by atoms with Crippen molar-refractivity contribution in [3.05, 3.63) is 58.4 Å². The van der Waals surface area contributed by atoms with Crippen molar-refractivity contribution in [3.63, 3.8) is 0 Å². The standard InChI is InChI=1S/C24H27N5OS/c1-5-7-12-21-27-29-22(25)19(23(30)26-24(29)31-21)14-18-13-15(3)28(16(18)4)20-11-9-8-10-17(20)6-2/h8-11,13-14,25H,5-7,12H2,1-4H3/b19-14-,25-22?. The van der Waals surface area contributed by atoms with E-state index in [4.69, 9.17) is 5.41 Å². The zero-order valence-corrected chi connectivity index (χ0v) is 19.2. The molecule has 0 spiro atoms. The Hall–Kier alpha value is -2.93. The molecule has 2 aromatic rings. The number of hydrogen-bond acceptors (Lipinski definition) is 4. The third-order valence-electron chi connectivity index (χ3n) is 5.62. The minimum absolute atomic E-state index is 0.0905. The minimum Gasteiger partial charge on any atom is -0.318 e. The topological polar surface area (TPSA) is 73.8 Å². The Kier molecular flexibility index (Phi) is 5.96. The first-order valence-corrected chi connectivity index (χ1v) is 11.5. The minimum atomic E-state index is -0.380. The van der Waals surface area contributed by atoms with Crippen molar-refractivity contribution in [2.75, 3.05) is 0 Å². The number of para-hydroxylation sites is 1. The fourth-order valence-corrected chi connectivity index (χ4v) is 4.88. The van der Waals surface area contributed by atoms with Gasteiger partial charge in [-0.05, 0) is 74.2 Å². The van der Waals surface area contributed by atoms with Crippen molar-refractivity contribution >= 4 is 39.8 Å². The Labute approximate surface area is 187 Å². The number of amides is 1. The fourth-order valence-electron chi connectivity index (χ4n) is 3.95. The Morgan fingerprint density at radius 3 is 2.71 bits per heavy atom. The molecule has 1 N–H and O–H groups in total. The van der Waals surface area contributed by atoms with Crippen LogP contribution in [0.25, 0.3) is 11.8 Å². The third kappa shape index (κ3) is 3.90. The predicted octanol–water partition coefficient (Wildman–Crippen LogP) is 5.47. The summed E-state index contributed by atoms with van der Waals surface area (Å²) in [5, 5.41) is 16.0. The van der Waals surface area contributed by atoms with Gasteiger partial charge in [0.1, 0.15) is 5.04 Å². The van der Waals surface area contributed by atoms with Gasteiger partial charge in [0.15, 0.2) is 5.84 Å². The van der Waals surface area contributed by atoms with Crippen molar-refractivity contribution in [2.45, 2.75) is 53.4 Å². The Morgan fingerprint density at radius 2 is 1.97 bits per heavy atom. The van der Waals surface area contributed by atoms with Crippen molar-refractivity contribution in [1.82, 2.24) is 9.58 Å². The van der Waals surface area contributed by atoms with E-state index in [2.05, 4.69) is 59.7 Å². The molecule has 31 heavy (non-hydrogen) atoms. The van der Waals surface area contributed by atoms with Gasteiger partial charge in [0, 0.05) is 17.1 Å². The molecule has 7 heteroatoms. The number of aromatic nitrogens is 1. The lowest BCUT2D eigenvalue weighted by Gasteiger charge is -2.20. The lowest BCUT2D eigenvalue weighted by atomic mass is 10.1. The van der Waals surface area contributed by atoms with E-state index in [1.54, 1.807) is 6.08 Å². The Morgan fingerprint density at radius 1 is 1.19 bits per heavy atom. The molecule has 6 nitrogen and oxygen atoms in total. The van der Waals surface area contributed by atoms with Crippen LogP contribution in [0.2, 0.25) is 0 Å². The molecule has 4 rings (SSSR count). The van der Waals surface area contributed by atoms with E-state index < -0.39 is 0 Å². The van der Waals surface area contributed by atoms with Crippen LogP contribution in [0.1, 0.15) is 55.6 Å². The summed E-state index contributed by atoms with van der Waals surface area (Å²) in [4.78, 5) is 17.0. The van der Waals surface area contributed by atoms with Gasteiger partial charge in [0.05, 0.1) is 5.57 Å². The van der Waals surface area contributed by atoms with Gasteiger partial charge in [-0.1, -0.05) is 38.5 Å². The number of carbonyl (C=O) groups is 1. The number of carbonyl (C=O) groups excluding carboxylic acids is 1. The summed E-state index contributed by atoms with van der Waals surface area (Å²) >= 11 is 1.39. The van der Waals surface area contributed by atoms with Crippen LogP contribution in [0.5, 0.6) is 0 Å². The molecule has 160 valence electrons. The van der Waals surface area contributed by atoms with E-state index in [1.807, 2.05) is 13.0 Å². The predicted molar refractivity (Wildman–Crippen MR) is 129 cm³/mol. The lowest BCUT2D eigenvalue weighted by molar-refractivity contribution is -0.114. The number of nitrogens with zero attached hydrogens (tertiary/aromatic N) is 4. The Bertz CT molecular complexity index is 1150. The number of thioether (sulfide) groups is 1. The molecule has 0 bridgehead atoms. The van der Waals surface area contributed by atoms with Crippen LogP contribution in [-0.4, -0.2) is 31.5 Å². The number of rotatable bonds is 6. The summed E-state index contributed by atoms with van der Waals surface area (Å²) in [6.45, 7) is 8.39. The van der Waals surface area contributed by atoms with Gasteiger partial charge in [-0.3, -0.25) is 10.2 Å². The van der Waals surface area contributed by atoms with E-state index in [9.17, 15) is 4.79 Å². The zero-order valence-electron chi connectivity index (χ0n) is 18.4. The number of aliphatic imine (C=N–C) groups is 1. The number of hydrazone groups is 1. The molecule has 3 heterocycles. The number of hydrogen-bond donors (Lipinski definition) is 1. The van der Waals surface area contributed by atoms with Gasteiger partial charge < -0.3 is 4.57 Å². The van der Waals surface area contributed by atoms with Crippen molar-refractivity contribution < 1.29 is 4.79 Å². The van der Waals surface area contributed by atoms with Gasteiger partial charge in [0.2, 0.25) is 5.17 Å². The molecule has 0 radical (unpaired) electrons. The highest BCUT2D eigenvalue weighted by atomic mass is 32.2. The van der Waals surface area contributed by atoms with Crippen LogP contribution >= 0.6 is 11.8 Å². The molecule has 2 aliphatic rings. The second-order valence-corrected chi connectivity index (χ2v) is 8.80. The second kappa shape index (κ2) is 8.67. The maximum Gasteiger partial charge on any atom is 0.283 e. The summed E-state index contributed by atoms with van der Waals surface area (Å²) in [7, 11) is 0. The van der Waals surface area contributed by atoms with Crippen LogP contribution in [-0.2, 0) is 11.2 Å². The largest absolute Gasteiger partial charge is 0.318 e. The third-order valence-corrected chi connectivity index (χ3v) is 6.59. The van der Waals surface area contributed by atoms with Crippen LogP contribution in [0.4, 0.5) is 0 Å². The second-order valence-electron chi connectivity index (χ2n) is 7.76. The average molecular weight is 434 g/mol. The molecule has 1 aromatic carbocycles. The molecule has 0 fully saturated rings. The van der Waals surface area contributed by atoms with Crippen molar-refractivity contribution in [3.8, 4) is 5.69 Å². The van der Waals surface area contributed by atoms with E-state index in [1.165, 1.54) is 22.3 Å². The number of fused-ring (bicyclic) bond motifs is 1. The van der Waals surface area contributed by atoms with Crippen LogP contribution < -0.4 is 0 Å². The van der Waals surface area contributed by atoms with Crippen LogP contribution in [0.15, 0.2) is 46.0 Å². The summed E-state index contributed by atoms with van der Waals surface area (Å²) < 4.78 is 2.21. The molecule has 0 aliphatic carbocycles. The smallest absolute Gasteiger partial charge is 0.283 e. The lowest BCUT2D eigenvalue weighted by Crippen LogP contribution is -2.35. The number of amidine groups is 2. The monoisotopic (exact) mass is 433 g/mol. The molecule has 0 saturated carbocycles. The highest BCUT2D eigenvalue weighted by Gasteiger charge is 2.35. The summed E-state index contributed by atoms with van der Waals surface area (Å²) in [6, 6.07) is 10.4. The van der Waals surface area contributed by atoms with Crippen LogP contribution in [0, 0.1) is 19.3 Å². The SMILES string of the molecule is CCCCC1=NN2C(=N)/C(=C/c3cc(C)n(-c4ccccc4CC)c3C)C(=O)N=C2S1. The molecule has 1 aromatic heterocycles. The van der Waals surface area contributed by atoms with Crippen LogP contribution in [0.3, 0.4) is 0 Å². The zero-order chi connectivity index (χ0) is 22.1. The number of unbranched alkanes of at least 4 members (excludes halogenated alkanes) is 1. The number of nitrogens with one attached hydrogen (secondary N) is 1. The summed E-state index contributed by atoms with van der Waals surface area (Å²) in [5.41, 5.74) is 5.72. The molecule has 0 atom stereocenters. The van der Waals surface area contributed by atoms with Gasteiger partial charge in [-0.15, -0.1) is 0 Å². The molecule has 2 aliphatic heterocycles. The highest BCUT2D eigenvalue weighted by molar-refractivity contribution is 8.26. The normalized spacial score (nSPS) is 17.3. The van der Waals surface area contributed by atoms with Gasteiger partial charge in [-0.25, -0.2) is 0 Å². The fraction of sp³-hybridized carbons (Fsp3) is 0.333. The van der Waals surface area contributed by atoms with Gasteiger partial charge in [-0.2, -0.15) is 15.1 Å². The van der Waals surface area contributed by atoms with Crippen molar-refractivity contribution in [2.24, 2.45) is 10.1 Å². The number of aryl methyl sites for hydroxylation is 2. The molecular weight excluding hydrogens is 406 g/mol. The van der Waals surface area contributed by atoms with Gasteiger partial charge in [0.25, 0.3) is 5.91 Å². The molecule has 0 unspecified atom stereocenters. The molecule has 0 saturated heterocycles. The highest BCUT2D eigenvalue weighted by Crippen LogP contribution is 2.31. The Balaban J connectivity index is 1.71. The maximum atomic E-state index is 12.8. The first-order chi connectivity index (χ1) is 14.9. The van der Waals surface area contributed by atoms with E-state index in [-0.39, 0.29) is 17.3 Å². The first kappa shape index (κ1) is 21.3. The van der Waals surface area contributed by atoms with Gasteiger partial charge >= 0.3 is 0 Å². The summed E-state index contributed by atoms with van der Waals surface area (Å²) in [5.74, 6) is -0.290. The number of benzene rings is 1. The quantitative estimate of drug-likeness (QED) is 0.614. The van der Waals surface area contributed by atoms with E-state index >= 15 is 0 Å². The maximum absolute atomic E-state index is 12.8. The molecule has 1 amide bonds. The molecular formula is C24H27N5OS.